The molecule has 0 amide bonds. The van der Waals surface area contributed by atoms with E-state index in [0.29, 0.717) is 17.4 Å². The van der Waals surface area contributed by atoms with Crippen molar-refractivity contribution in [1.82, 2.24) is 18.8 Å². The van der Waals surface area contributed by atoms with E-state index in [4.69, 9.17) is 0 Å². The van der Waals surface area contributed by atoms with E-state index < -0.39 is 45.2 Å². The SMILES string of the molecule is Cc1nc(C(F)(F)F)c(Cn2c(=O)c3cc(S(=O)(=O)NC4(C)CC4)ccc3n(C)c2=O)s1. The fourth-order valence-corrected chi connectivity index (χ4v) is 5.85. The first-order valence-electron chi connectivity index (χ1n) is 9.53. The van der Waals surface area contributed by atoms with Gasteiger partial charge in [-0.15, -0.1) is 11.3 Å². The van der Waals surface area contributed by atoms with Crippen LogP contribution in [0.25, 0.3) is 10.9 Å². The monoisotopic (exact) mass is 488 g/mol. The molecule has 1 fully saturated rings. The Morgan fingerprint density at radius 2 is 1.91 bits per heavy atom. The van der Waals surface area contributed by atoms with Crippen molar-refractivity contribution in [2.45, 2.75) is 49.8 Å². The lowest BCUT2D eigenvalue weighted by molar-refractivity contribution is -0.141. The zero-order valence-corrected chi connectivity index (χ0v) is 18.9. The molecule has 1 aliphatic carbocycles. The molecule has 0 unspecified atom stereocenters. The maximum atomic E-state index is 13.3. The second-order valence-corrected chi connectivity index (χ2v) is 11.1. The van der Waals surface area contributed by atoms with Crippen LogP contribution in [0.2, 0.25) is 0 Å². The van der Waals surface area contributed by atoms with E-state index in [1.54, 1.807) is 6.92 Å². The zero-order chi connectivity index (χ0) is 23.6. The first-order valence-corrected chi connectivity index (χ1v) is 11.8. The summed E-state index contributed by atoms with van der Waals surface area (Å²) in [6, 6.07) is 3.77. The number of hydrogen-bond donors (Lipinski definition) is 1. The van der Waals surface area contributed by atoms with E-state index in [1.165, 1.54) is 26.1 Å². The summed E-state index contributed by atoms with van der Waals surface area (Å²) in [4.78, 5) is 28.9. The molecule has 1 N–H and O–H groups in total. The van der Waals surface area contributed by atoms with Crippen LogP contribution in [-0.2, 0) is 29.8 Å². The highest BCUT2D eigenvalue weighted by Crippen LogP contribution is 2.36. The van der Waals surface area contributed by atoms with E-state index in [-0.39, 0.29) is 25.7 Å². The summed E-state index contributed by atoms with van der Waals surface area (Å²) < 4.78 is 69.7. The Balaban J connectivity index is 1.86. The molecule has 172 valence electrons. The molecule has 32 heavy (non-hydrogen) atoms. The number of nitrogens with one attached hydrogen (secondary N) is 1. The topological polar surface area (TPSA) is 103 Å². The fraction of sp³-hybridized carbons (Fsp3) is 0.421. The second-order valence-electron chi connectivity index (χ2n) is 8.08. The summed E-state index contributed by atoms with van der Waals surface area (Å²) in [5, 5.41) is 0.0525. The molecule has 0 aliphatic heterocycles. The lowest BCUT2D eigenvalue weighted by Crippen LogP contribution is -2.39. The van der Waals surface area contributed by atoms with Gasteiger partial charge in [-0.3, -0.25) is 13.9 Å². The van der Waals surface area contributed by atoms with Gasteiger partial charge in [-0.05, 0) is 44.9 Å². The van der Waals surface area contributed by atoms with Crippen molar-refractivity contribution in [2.75, 3.05) is 0 Å². The zero-order valence-electron chi connectivity index (χ0n) is 17.3. The highest BCUT2D eigenvalue weighted by atomic mass is 32.2. The number of thiazole rings is 1. The summed E-state index contributed by atoms with van der Waals surface area (Å²) in [5.41, 5.74) is -3.20. The van der Waals surface area contributed by atoms with Gasteiger partial charge in [-0.25, -0.2) is 22.9 Å². The molecule has 8 nitrogen and oxygen atoms in total. The van der Waals surface area contributed by atoms with Crippen LogP contribution in [0, 0.1) is 6.92 Å². The van der Waals surface area contributed by atoms with E-state index >= 15 is 0 Å². The van der Waals surface area contributed by atoms with Gasteiger partial charge >= 0.3 is 11.9 Å². The van der Waals surface area contributed by atoms with Crippen molar-refractivity contribution >= 4 is 32.3 Å². The molecule has 2 heterocycles. The Bertz CT molecular complexity index is 1460. The average Bonchev–Trinajstić information content (AvgIpc) is 3.27. The lowest BCUT2D eigenvalue weighted by atomic mass is 10.2. The van der Waals surface area contributed by atoms with E-state index in [0.717, 1.165) is 22.0 Å². The minimum atomic E-state index is -4.74. The van der Waals surface area contributed by atoms with Crippen molar-refractivity contribution in [3.05, 3.63) is 54.6 Å². The summed E-state index contributed by atoms with van der Waals surface area (Å²) in [5.74, 6) is 0. The van der Waals surface area contributed by atoms with Gasteiger partial charge in [0, 0.05) is 12.6 Å². The van der Waals surface area contributed by atoms with Gasteiger partial charge in [0.05, 0.1) is 32.2 Å². The van der Waals surface area contributed by atoms with Crippen LogP contribution >= 0.6 is 11.3 Å². The molecule has 3 aromatic rings. The van der Waals surface area contributed by atoms with E-state index in [1.807, 2.05) is 0 Å². The Labute approximate surface area is 184 Å². The number of halogens is 3. The number of hydrogen-bond acceptors (Lipinski definition) is 6. The molecule has 0 saturated heterocycles. The van der Waals surface area contributed by atoms with Gasteiger partial charge in [0.15, 0.2) is 5.69 Å². The first-order chi connectivity index (χ1) is 14.7. The average molecular weight is 489 g/mol. The van der Waals surface area contributed by atoms with Gasteiger partial charge in [0.1, 0.15) is 0 Å². The smallest absolute Gasteiger partial charge is 0.296 e. The molecule has 1 aliphatic rings. The number of sulfonamides is 1. The van der Waals surface area contributed by atoms with Gasteiger partial charge in [-0.2, -0.15) is 13.2 Å². The molecule has 13 heteroatoms. The van der Waals surface area contributed by atoms with E-state index in [2.05, 4.69) is 9.71 Å². The van der Waals surface area contributed by atoms with E-state index in [9.17, 15) is 31.2 Å². The minimum Gasteiger partial charge on any atom is -0.296 e. The molecule has 1 saturated carbocycles. The second kappa shape index (κ2) is 7.25. The Kier molecular flexibility index (Phi) is 5.14. The van der Waals surface area contributed by atoms with Gasteiger partial charge in [0.25, 0.3) is 5.56 Å². The summed E-state index contributed by atoms with van der Waals surface area (Å²) in [6.07, 6.45) is -3.36. The van der Waals surface area contributed by atoms with Crippen LogP contribution in [0.1, 0.15) is 35.3 Å². The van der Waals surface area contributed by atoms with Crippen LogP contribution in [0.4, 0.5) is 13.2 Å². The number of alkyl halides is 3. The predicted octanol–water partition coefficient (Wildman–Crippen LogP) is 2.36. The molecule has 0 bridgehead atoms. The quantitative estimate of drug-likeness (QED) is 0.594. The lowest BCUT2D eigenvalue weighted by Gasteiger charge is -2.14. The summed E-state index contributed by atoms with van der Waals surface area (Å²) in [6.45, 7) is 2.53. The molecular weight excluding hydrogens is 469 g/mol. The third-order valence-electron chi connectivity index (χ3n) is 5.39. The van der Waals surface area contributed by atoms with Crippen molar-refractivity contribution in [2.24, 2.45) is 7.05 Å². The summed E-state index contributed by atoms with van der Waals surface area (Å²) >= 11 is 0.741. The normalized spacial score (nSPS) is 15.9. The molecule has 0 atom stereocenters. The summed E-state index contributed by atoms with van der Waals surface area (Å²) in [7, 11) is -2.56. The largest absolute Gasteiger partial charge is 0.434 e. The highest BCUT2D eigenvalue weighted by Gasteiger charge is 2.41. The Morgan fingerprint density at radius 1 is 1.25 bits per heavy atom. The fourth-order valence-electron chi connectivity index (χ4n) is 3.42. The number of nitrogens with zero attached hydrogens (tertiary/aromatic N) is 3. The van der Waals surface area contributed by atoms with Crippen LogP contribution in [0.5, 0.6) is 0 Å². The standard InChI is InChI=1S/C19H19F3N4O4S2/c1-10-23-15(19(20,21)22)14(31-10)9-26-16(27)12-8-11(4-5-13(12)25(3)17(26)28)32(29,30)24-18(2)6-7-18/h4-5,8,24H,6-7,9H2,1-3H3. The minimum absolute atomic E-state index is 0.0919. The Morgan fingerprint density at radius 3 is 2.50 bits per heavy atom. The maximum Gasteiger partial charge on any atom is 0.434 e. The van der Waals surface area contributed by atoms with Gasteiger partial charge in [0.2, 0.25) is 10.0 Å². The predicted molar refractivity (Wildman–Crippen MR) is 112 cm³/mol. The number of fused-ring (bicyclic) bond motifs is 1. The Hall–Kier alpha value is -2.51. The first kappa shape index (κ1) is 22.7. The molecular formula is C19H19F3N4O4S2. The molecule has 4 rings (SSSR count). The van der Waals surface area contributed by atoms with Gasteiger partial charge < -0.3 is 0 Å². The van der Waals surface area contributed by atoms with Crippen molar-refractivity contribution in [1.29, 1.82) is 0 Å². The number of aryl methyl sites for hydroxylation is 2. The van der Waals surface area contributed by atoms with Crippen LogP contribution in [-0.4, -0.2) is 28.1 Å². The molecule has 0 radical (unpaired) electrons. The van der Waals surface area contributed by atoms with Crippen molar-refractivity contribution in [3.63, 3.8) is 0 Å². The third-order valence-corrected chi connectivity index (χ3v) is 7.98. The number of aromatic nitrogens is 3. The van der Waals surface area contributed by atoms with Crippen LogP contribution in [0.15, 0.2) is 32.7 Å². The van der Waals surface area contributed by atoms with Crippen molar-refractivity contribution < 1.29 is 21.6 Å². The third kappa shape index (κ3) is 3.99. The number of rotatable bonds is 5. The van der Waals surface area contributed by atoms with Crippen LogP contribution < -0.4 is 16.0 Å². The van der Waals surface area contributed by atoms with Crippen LogP contribution in [0.3, 0.4) is 0 Å². The van der Waals surface area contributed by atoms with Gasteiger partial charge in [-0.1, -0.05) is 0 Å². The number of benzene rings is 1. The molecule has 1 aromatic carbocycles. The molecule has 0 spiro atoms. The maximum absolute atomic E-state index is 13.3. The molecule has 2 aromatic heterocycles. The highest BCUT2D eigenvalue weighted by molar-refractivity contribution is 7.89. The van der Waals surface area contributed by atoms with Crippen molar-refractivity contribution in [3.8, 4) is 0 Å².